The molecule has 0 fully saturated rings. The van der Waals surface area contributed by atoms with E-state index in [1.807, 2.05) is 0 Å². The lowest BCUT2D eigenvalue weighted by Gasteiger charge is -2.28. The highest BCUT2D eigenvalue weighted by Crippen LogP contribution is 2.28. The minimum Gasteiger partial charge on any atom is -0.497 e. The highest BCUT2D eigenvalue weighted by atomic mass is 32.2. The molecule has 0 unspecified atom stereocenters. The summed E-state index contributed by atoms with van der Waals surface area (Å²) in [5, 5.41) is 0.539. The van der Waals surface area contributed by atoms with Crippen molar-refractivity contribution < 1.29 is 27.5 Å². The number of hydrogen-bond donors (Lipinski definition) is 0. The molecule has 1 atom stereocenters. The van der Waals surface area contributed by atoms with Gasteiger partial charge in [0.2, 0.25) is 10.0 Å². The van der Waals surface area contributed by atoms with Crippen molar-refractivity contribution in [3.05, 3.63) is 60.3 Å². The summed E-state index contributed by atoms with van der Waals surface area (Å²) in [7, 11) is -1.08. The first-order chi connectivity index (χ1) is 14.2. The molecule has 0 saturated carbocycles. The van der Waals surface area contributed by atoms with E-state index < -0.39 is 27.9 Å². The molecular formula is C21H22N2O6S. The zero-order chi connectivity index (χ0) is 22.1. The molecule has 0 aliphatic carbocycles. The Labute approximate surface area is 174 Å². The van der Waals surface area contributed by atoms with Crippen LogP contribution in [0.25, 0.3) is 10.9 Å². The lowest BCUT2D eigenvalue weighted by molar-refractivity contribution is 0.0603. The van der Waals surface area contributed by atoms with Crippen LogP contribution < -0.4 is 9.04 Å². The summed E-state index contributed by atoms with van der Waals surface area (Å²) < 4.78 is 37.5. The number of esters is 1. The molecule has 0 spiro atoms. The molecule has 0 N–H and O–H groups in total. The number of nitrogens with zero attached hydrogens (tertiary/aromatic N) is 2. The van der Waals surface area contributed by atoms with Crippen LogP contribution in [0.15, 0.2) is 54.7 Å². The molecule has 0 aliphatic rings. The smallest absolute Gasteiger partial charge is 0.340 e. The maximum Gasteiger partial charge on any atom is 0.340 e. The van der Waals surface area contributed by atoms with Crippen LogP contribution in [0.3, 0.4) is 0 Å². The SMILES string of the molecule is COC(=O)c1cn(C(=O)[C@H](C)N(c2cccc(OC)c2)S(C)(=O)=O)c2ccccc12. The number of sulfonamides is 1. The second-order valence-corrected chi connectivity index (χ2v) is 8.56. The first-order valence-electron chi connectivity index (χ1n) is 9.05. The Bertz CT molecular complexity index is 1220. The number of carbonyl (C=O) groups is 2. The summed E-state index contributed by atoms with van der Waals surface area (Å²) in [5.74, 6) is -0.645. The maximum absolute atomic E-state index is 13.4. The van der Waals surface area contributed by atoms with Gasteiger partial charge in [-0.1, -0.05) is 24.3 Å². The predicted molar refractivity (Wildman–Crippen MR) is 114 cm³/mol. The van der Waals surface area contributed by atoms with Crippen LogP contribution in [0, 0.1) is 0 Å². The summed E-state index contributed by atoms with van der Waals surface area (Å²) in [6, 6.07) is 12.2. The number of rotatable bonds is 6. The van der Waals surface area contributed by atoms with Gasteiger partial charge in [-0.3, -0.25) is 13.7 Å². The van der Waals surface area contributed by atoms with E-state index in [1.54, 1.807) is 48.5 Å². The lowest BCUT2D eigenvalue weighted by Crippen LogP contribution is -2.44. The number of ether oxygens (including phenoxy) is 2. The second-order valence-electron chi connectivity index (χ2n) is 6.70. The summed E-state index contributed by atoms with van der Waals surface area (Å²) in [4.78, 5) is 25.5. The fraction of sp³-hybridized carbons (Fsp3) is 0.238. The van der Waals surface area contributed by atoms with Crippen LogP contribution >= 0.6 is 0 Å². The summed E-state index contributed by atoms with van der Waals surface area (Å²) in [6.45, 7) is 1.50. The van der Waals surface area contributed by atoms with E-state index in [-0.39, 0.29) is 5.56 Å². The number of para-hydroxylation sites is 1. The molecule has 30 heavy (non-hydrogen) atoms. The Morgan fingerprint density at radius 2 is 1.77 bits per heavy atom. The third kappa shape index (κ3) is 3.88. The number of hydrogen-bond acceptors (Lipinski definition) is 6. The molecule has 8 nitrogen and oxygen atoms in total. The fourth-order valence-corrected chi connectivity index (χ4v) is 4.55. The van der Waals surface area contributed by atoms with E-state index in [9.17, 15) is 18.0 Å². The molecule has 3 rings (SSSR count). The monoisotopic (exact) mass is 430 g/mol. The number of anilines is 1. The number of methoxy groups -OCH3 is 2. The Kier molecular flexibility index (Phi) is 5.84. The highest BCUT2D eigenvalue weighted by molar-refractivity contribution is 7.92. The van der Waals surface area contributed by atoms with E-state index in [2.05, 4.69) is 0 Å². The van der Waals surface area contributed by atoms with E-state index in [0.717, 1.165) is 10.6 Å². The van der Waals surface area contributed by atoms with Crippen LogP contribution in [0.4, 0.5) is 5.69 Å². The zero-order valence-electron chi connectivity index (χ0n) is 17.0. The van der Waals surface area contributed by atoms with Gasteiger partial charge in [-0.15, -0.1) is 0 Å². The van der Waals surface area contributed by atoms with Crippen molar-refractivity contribution >= 4 is 38.5 Å². The van der Waals surface area contributed by atoms with Gasteiger partial charge in [0, 0.05) is 17.6 Å². The highest BCUT2D eigenvalue weighted by Gasteiger charge is 2.31. The number of carbonyl (C=O) groups excluding carboxylic acids is 2. The molecule has 158 valence electrons. The molecule has 0 aliphatic heterocycles. The Balaban J connectivity index is 2.12. The summed E-state index contributed by atoms with van der Waals surface area (Å²) >= 11 is 0. The van der Waals surface area contributed by atoms with Crippen LogP contribution in [0.5, 0.6) is 5.75 Å². The maximum atomic E-state index is 13.4. The van der Waals surface area contributed by atoms with Gasteiger partial charge in [-0.25, -0.2) is 13.2 Å². The number of benzene rings is 2. The fourth-order valence-electron chi connectivity index (χ4n) is 3.39. The first-order valence-corrected chi connectivity index (χ1v) is 10.9. The largest absolute Gasteiger partial charge is 0.497 e. The van der Waals surface area contributed by atoms with Crippen molar-refractivity contribution in [2.75, 3.05) is 24.8 Å². The molecule has 0 saturated heterocycles. The van der Waals surface area contributed by atoms with Gasteiger partial charge >= 0.3 is 5.97 Å². The summed E-state index contributed by atoms with van der Waals surface area (Å²) in [5.41, 5.74) is 0.997. The van der Waals surface area contributed by atoms with Crippen molar-refractivity contribution in [3.8, 4) is 5.75 Å². The standard InChI is InChI=1S/C21H22N2O6S/c1-14(23(30(4,26)27)15-8-7-9-16(12-15)28-2)20(24)22-13-18(21(25)29-3)17-10-5-6-11-19(17)22/h5-14H,1-4H3/t14-/m0/s1. The molecule has 2 aromatic carbocycles. The van der Waals surface area contributed by atoms with Gasteiger partial charge < -0.3 is 9.47 Å². The molecule has 0 radical (unpaired) electrons. The average Bonchev–Trinajstić information content (AvgIpc) is 3.11. The van der Waals surface area contributed by atoms with Gasteiger partial charge in [0.05, 0.1) is 37.2 Å². The van der Waals surface area contributed by atoms with E-state index in [1.165, 1.54) is 31.9 Å². The van der Waals surface area contributed by atoms with Crippen molar-refractivity contribution in [2.24, 2.45) is 0 Å². The topological polar surface area (TPSA) is 94.9 Å². The van der Waals surface area contributed by atoms with Crippen LogP contribution in [-0.2, 0) is 14.8 Å². The normalized spacial score (nSPS) is 12.4. The molecular weight excluding hydrogens is 408 g/mol. The van der Waals surface area contributed by atoms with Gasteiger partial charge in [0.15, 0.2) is 0 Å². The average molecular weight is 430 g/mol. The third-order valence-corrected chi connectivity index (χ3v) is 5.97. The molecule has 1 aromatic heterocycles. The Morgan fingerprint density at radius 1 is 1.07 bits per heavy atom. The predicted octanol–water partition coefficient (Wildman–Crippen LogP) is 2.93. The molecule has 0 bridgehead atoms. The van der Waals surface area contributed by atoms with E-state index in [4.69, 9.17) is 9.47 Å². The molecule has 9 heteroatoms. The van der Waals surface area contributed by atoms with Crippen molar-refractivity contribution in [1.29, 1.82) is 0 Å². The van der Waals surface area contributed by atoms with Crippen LogP contribution in [0.1, 0.15) is 22.1 Å². The molecule has 3 aromatic rings. The minimum absolute atomic E-state index is 0.223. The number of fused-ring (bicyclic) bond motifs is 1. The quantitative estimate of drug-likeness (QED) is 0.558. The Morgan fingerprint density at radius 3 is 2.40 bits per heavy atom. The first kappa shape index (κ1) is 21.4. The molecule has 1 heterocycles. The molecule has 0 amide bonds. The van der Waals surface area contributed by atoms with E-state index >= 15 is 0 Å². The van der Waals surface area contributed by atoms with Crippen molar-refractivity contribution in [3.63, 3.8) is 0 Å². The van der Waals surface area contributed by atoms with Gasteiger partial charge in [-0.2, -0.15) is 0 Å². The van der Waals surface area contributed by atoms with E-state index in [0.29, 0.717) is 22.3 Å². The van der Waals surface area contributed by atoms with Gasteiger partial charge in [0.25, 0.3) is 5.91 Å². The second kappa shape index (κ2) is 8.19. The minimum atomic E-state index is -3.81. The van der Waals surface area contributed by atoms with Gasteiger partial charge in [0.1, 0.15) is 11.8 Å². The van der Waals surface area contributed by atoms with Gasteiger partial charge in [-0.05, 0) is 25.1 Å². The lowest BCUT2D eigenvalue weighted by atomic mass is 10.2. The third-order valence-electron chi connectivity index (χ3n) is 4.73. The Hall–Kier alpha value is -3.33. The van der Waals surface area contributed by atoms with Crippen LogP contribution in [0.2, 0.25) is 0 Å². The number of aromatic nitrogens is 1. The zero-order valence-corrected chi connectivity index (χ0v) is 17.8. The van der Waals surface area contributed by atoms with Crippen molar-refractivity contribution in [2.45, 2.75) is 13.0 Å². The van der Waals surface area contributed by atoms with Crippen LogP contribution in [-0.4, -0.2) is 51.4 Å². The van der Waals surface area contributed by atoms with Crippen molar-refractivity contribution in [1.82, 2.24) is 4.57 Å². The summed E-state index contributed by atoms with van der Waals surface area (Å²) in [6.07, 6.45) is 2.41.